The maximum Gasteiger partial charge on any atom is 0.119 e. The van der Waals surface area contributed by atoms with E-state index >= 15 is 0 Å². The molecule has 0 radical (unpaired) electrons. The number of ether oxygens (including phenoxy) is 1. The zero-order chi connectivity index (χ0) is 15.1. The van der Waals surface area contributed by atoms with E-state index < -0.39 is 0 Å². The maximum atomic E-state index is 5.68. The van der Waals surface area contributed by atoms with Gasteiger partial charge in [-0.3, -0.25) is 4.98 Å². The van der Waals surface area contributed by atoms with Crippen LogP contribution in [0.1, 0.15) is 37.4 Å². The molecule has 3 heteroatoms. The van der Waals surface area contributed by atoms with E-state index in [2.05, 4.69) is 28.5 Å². The van der Waals surface area contributed by atoms with Crippen LogP contribution in [-0.4, -0.2) is 18.1 Å². The molecule has 1 aromatic carbocycles. The third-order valence-corrected chi connectivity index (χ3v) is 3.45. The van der Waals surface area contributed by atoms with Gasteiger partial charge in [-0.1, -0.05) is 18.2 Å². The summed E-state index contributed by atoms with van der Waals surface area (Å²) in [6.45, 7) is 4.08. The van der Waals surface area contributed by atoms with Gasteiger partial charge in [0.2, 0.25) is 0 Å². The van der Waals surface area contributed by atoms with Crippen LogP contribution >= 0.6 is 0 Å². The Balaban J connectivity index is 1.97. The third-order valence-electron chi connectivity index (χ3n) is 3.45. The summed E-state index contributed by atoms with van der Waals surface area (Å²) in [5.41, 5.74) is 2.56. The molecule has 0 aliphatic rings. The number of hydrogen-bond acceptors (Lipinski definition) is 3. The maximum absolute atomic E-state index is 5.68. The predicted octanol–water partition coefficient (Wildman–Crippen LogP) is 3.76. The summed E-state index contributed by atoms with van der Waals surface area (Å²) in [6.07, 6.45) is 6.02. The second-order valence-corrected chi connectivity index (χ2v) is 5.48. The summed E-state index contributed by atoms with van der Waals surface area (Å²) in [5.74, 6) is 0.927. The van der Waals surface area contributed by atoms with E-state index in [0.717, 1.165) is 18.6 Å². The van der Waals surface area contributed by atoms with E-state index in [9.17, 15) is 0 Å². The van der Waals surface area contributed by atoms with Gasteiger partial charge in [-0.2, -0.15) is 0 Å². The molecule has 1 N–H and O–H groups in total. The van der Waals surface area contributed by atoms with Gasteiger partial charge in [0.25, 0.3) is 0 Å². The highest BCUT2D eigenvalue weighted by Crippen LogP contribution is 2.22. The van der Waals surface area contributed by atoms with Crippen molar-refractivity contribution in [1.82, 2.24) is 10.3 Å². The first kappa shape index (κ1) is 15.5. The normalized spacial score (nSPS) is 12.4. The van der Waals surface area contributed by atoms with Crippen LogP contribution in [0.5, 0.6) is 5.75 Å². The fourth-order valence-corrected chi connectivity index (χ4v) is 2.39. The van der Waals surface area contributed by atoms with Gasteiger partial charge < -0.3 is 10.1 Å². The molecule has 0 bridgehead atoms. The molecule has 2 aromatic rings. The first-order valence-corrected chi connectivity index (χ1v) is 7.52. The fraction of sp³-hybridized carbons (Fsp3) is 0.389. The molecule has 0 amide bonds. The van der Waals surface area contributed by atoms with Crippen molar-refractivity contribution < 1.29 is 4.74 Å². The lowest BCUT2D eigenvalue weighted by molar-refractivity contribution is 0.242. The Labute approximate surface area is 127 Å². The minimum absolute atomic E-state index is 0.210. The quantitative estimate of drug-likeness (QED) is 0.840. The molecule has 0 aliphatic carbocycles. The lowest BCUT2D eigenvalue weighted by Gasteiger charge is -2.17. The van der Waals surface area contributed by atoms with Gasteiger partial charge in [0.05, 0.1) is 6.10 Å². The Bertz CT molecular complexity index is 523. The highest BCUT2D eigenvalue weighted by atomic mass is 16.5. The summed E-state index contributed by atoms with van der Waals surface area (Å²) >= 11 is 0. The largest absolute Gasteiger partial charge is 0.491 e. The van der Waals surface area contributed by atoms with Crippen LogP contribution in [-0.2, 0) is 6.42 Å². The van der Waals surface area contributed by atoms with Crippen molar-refractivity contribution >= 4 is 0 Å². The number of hydrogen-bond donors (Lipinski definition) is 1. The average Bonchev–Trinajstić information content (AvgIpc) is 2.50. The first-order valence-electron chi connectivity index (χ1n) is 7.52. The van der Waals surface area contributed by atoms with Crippen LogP contribution in [0.15, 0.2) is 48.8 Å². The van der Waals surface area contributed by atoms with Crippen LogP contribution in [0, 0.1) is 0 Å². The van der Waals surface area contributed by atoms with E-state index in [1.165, 1.54) is 11.1 Å². The molecule has 1 heterocycles. The smallest absolute Gasteiger partial charge is 0.119 e. The van der Waals surface area contributed by atoms with Crippen LogP contribution in [0.4, 0.5) is 0 Å². The SMILES string of the molecule is CNC(CCc1cccnc1)c1ccc(OC(C)C)cc1. The monoisotopic (exact) mass is 284 g/mol. The highest BCUT2D eigenvalue weighted by molar-refractivity contribution is 5.29. The minimum Gasteiger partial charge on any atom is -0.491 e. The zero-order valence-electron chi connectivity index (χ0n) is 13.0. The fourth-order valence-electron chi connectivity index (χ4n) is 2.39. The summed E-state index contributed by atoms with van der Waals surface area (Å²) in [7, 11) is 2.01. The van der Waals surface area contributed by atoms with Crippen molar-refractivity contribution in [3.63, 3.8) is 0 Å². The second kappa shape index (κ2) is 7.79. The average molecular weight is 284 g/mol. The van der Waals surface area contributed by atoms with Crippen molar-refractivity contribution in [3.8, 4) is 5.75 Å². The molecule has 0 saturated heterocycles. The number of pyridine rings is 1. The molecule has 0 fully saturated rings. The van der Waals surface area contributed by atoms with Crippen molar-refractivity contribution in [3.05, 3.63) is 59.9 Å². The van der Waals surface area contributed by atoms with Crippen LogP contribution in [0.25, 0.3) is 0 Å². The Hall–Kier alpha value is -1.87. The Kier molecular flexibility index (Phi) is 5.76. The summed E-state index contributed by atoms with van der Waals surface area (Å²) < 4.78 is 5.68. The number of aromatic nitrogens is 1. The van der Waals surface area contributed by atoms with E-state index in [0.29, 0.717) is 6.04 Å². The molecule has 0 spiro atoms. The number of nitrogens with one attached hydrogen (secondary N) is 1. The van der Waals surface area contributed by atoms with Gasteiger partial charge in [0, 0.05) is 18.4 Å². The van der Waals surface area contributed by atoms with E-state index in [4.69, 9.17) is 4.74 Å². The summed E-state index contributed by atoms with van der Waals surface area (Å²) in [5, 5.41) is 3.39. The molecule has 3 nitrogen and oxygen atoms in total. The molecule has 21 heavy (non-hydrogen) atoms. The van der Waals surface area contributed by atoms with Gasteiger partial charge in [0.15, 0.2) is 0 Å². The molecule has 1 atom stereocenters. The Morgan fingerprint density at radius 3 is 2.48 bits per heavy atom. The third kappa shape index (κ3) is 4.87. The topological polar surface area (TPSA) is 34.2 Å². The number of benzene rings is 1. The predicted molar refractivity (Wildman–Crippen MR) is 86.6 cm³/mol. The zero-order valence-corrected chi connectivity index (χ0v) is 13.0. The first-order chi connectivity index (χ1) is 10.2. The highest BCUT2D eigenvalue weighted by Gasteiger charge is 2.09. The lowest BCUT2D eigenvalue weighted by Crippen LogP contribution is -2.17. The van der Waals surface area contributed by atoms with E-state index in [1.54, 1.807) is 0 Å². The summed E-state index contributed by atoms with van der Waals surface area (Å²) in [4.78, 5) is 4.16. The van der Waals surface area contributed by atoms with Gasteiger partial charge in [-0.25, -0.2) is 0 Å². The van der Waals surface area contributed by atoms with Crippen molar-refractivity contribution in [2.45, 2.75) is 38.8 Å². The standard InChI is InChI=1S/C18H24N2O/c1-14(2)21-17-9-7-16(8-10-17)18(19-3)11-6-15-5-4-12-20-13-15/h4-5,7-10,12-14,18-19H,6,11H2,1-3H3. The molecule has 1 unspecified atom stereocenters. The molecule has 1 aromatic heterocycles. The van der Waals surface area contributed by atoms with Crippen molar-refractivity contribution in [1.29, 1.82) is 0 Å². The number of aryl methyl sites for hydroxylation is 1. The van der Waals surface area contributed by atoms with E-state index in [1.807, 2.05) is 51.5 Å². The van der Waals surface area contributed by atoms with Gasteiger partial charge in [0.1, 0.15) is 5.75 Å². The van der Waals surface area contributed by atoms with Gasteiger partial charge >= 0.3 is 0 Å². The Morgan fingerprint density at radius 2 is 1.90 bits per heavy atom. The lowest BCUT2D eigenvalue weighted by atomic mass is 10.00. The van der Waals surface area contributed by atoms with Crippen LogP contribution in [0.2, 0.25) is 0 Å². The molecular formula is C18H24N2O. The van der Waals surface area contributed by atoms with Crippen LogP contribution < -0.4 is 10.1 Å². The number of nitrogens with zero attached hydrogens (tertiary/aromatic N) is 1. The molecule has 2 rings (SSSR count). The van der Waals surface area contributed by atoms with Crippen molar-refractivity contribution in [2.24, 2.45) is 0 Å². The van der Waals surface area contributed by atoms with E-state index in [-0.39, 0.29) is 6.10 Å². The molecule has 0 saturated carbocycles. The second-order valence-electron chi connectivity index (χ2n) is 5.48. The number of rotatable bonds is 7. The van der Waals surface area contributed by atoms with Crippen molar-refractivity contribution in [2.75, 3.05) is 7.05 Å². The van der Waals surface area contributed by atoms with Gasteiger partial charge in [-0.15, -0.1) is 0 Å². The molecular weight excluding hydrogens is 260 g/mol. The van der Waals surface area contributed by atoms with Crippen LogP contribution in [0.3, 0.4) is 0 Å². The van der Waals surface area contributed by atoms with Gasteiger partial charge in [-0.05, 0) is 63.1 Å². The molecule has 112 valence electrons. The minimum atomic E-state index is 0.210. The molecule has 0 aliphatic heterocycles. The Morgan fingerprint density at radius 1 is 1.14 bits per heavy atom. The summed E-state index contributed by atoms with van der Waals surface area (Å²) in [6, 6.07) is 12.8.